The van der Waals surface area contributed by atoms with E-state index in [4.69, 9.17) is 16.1 Å². The summed E-state index contributed by atoms with van der Waals surface area (Å²) in [6, 6.07) is 4.72. The topological polar surface area (TPSA) is 67.9 Å². The van der Waals surface area contributed by atoms with Crippen LogP contribution in [0.25, 0.3) is 11.5 Å². The van der Waals surface area contributed by atoms with Crippen molar-refractivity contribution in [2.75, 3.05) is 13.1 Å². The van der Waals surface area contributed by atoms with Gasteiger partial charge in [-0.2, -0.15) is 4.98 Å². The third-order valence-corrected chi connectivity index (χ3v) is 4.34. The molecule has 6 nitrogen and oxygen atoms in total. The molecular weight excluding hydrogens is 333 g/mol. The molecule has 0 spiro atoms. The second-order valence-corrected chi connectivity index (χ2v) is 6.05. The van der Waals surface area contributed by atoms with Crippen LogP contribution in [-0.4, -0.2) is 38.1 Å². The Balaban J connectivity index is 1.41. The molecular formula is C16H13ClFN5O. The normalized spacial score (nSPS) is 15.4. The monoisotopic (exact) mass is 345 g/mol. The molecule has 0 radical (unpaired) electrons. The molecule has 1 fully saturated rings. The molecule has 8 heteroatoms. The van der Waals surface area contributed by atoms with Gasteiger partial charge < -0.3 is 4.52 Å². The van der Waals surface area contributed by atoms with Gasteiger partial charge in [-0.15, -0.1) is 0 Å². The summed E-state index contributed by atoms with van der Waals surface area (Å²) >= 11 is 6.06. The number of halogens is 2. The first-order chi connectivity index (χ1) is 11.7. The number of hydrogen-bond donors (Lipinski definition) is 0. The largest absolute Gasteiger partial charge is 0.339 e. The summed E-state index contributed by atoms with van der Waals surface area (Å²) in [6.07, 6.45) is 4.75. The smallest absolute Gasteiger partial charge is 0.232 e. The average Bonchev–Trinajstić information content (AvgIpc) is 3.03. The van der Waals surface area contributed by atoms with Gasteiger partial charge in [-0.1, -0.05) is 22.8 Å². The Bertz CT molecular complexity index is 830. The zero-order chi connectivity index (χ0) is 16.5. The number of likely N-dealkylation sites (tertiary alicyclic amines) is 1. The van der Waals surface area contributed by atoms with Gasteiger partial charge in [-0.25, -0.2) is 9.37 Å². The van der Waals surface area contributed by atoms with Gasteiger partial charge in [0.25, 0.3) is 0 Å². The van der Waals surface area contributed by atoms with E-state index in [1.54, 1.807) is 30.7 Å². The lowest BCUT2D eigenvalue weighted by atomic mass is 9.99. The predicted octanol–water partition coefficient (Wildman–Crippen LogP) is 2.92. The summed E-state index contributed by atoms with van der Waals surface area (Å²) in [5, 5.41) is 4.38. The Morgan fingerprint density at radius 3 is 2.92 bits per heavy atom. The Morgan fingerprint density at radius 2 is 2.17 bits per heavy atom. The standard InChI is InChI=1S/C16H13ClFN5O/c17-12-2-1-3-13(18)11(12)9-23-7-10(8-23)16-21-15(22-24-16)14-6-19-4-5-20-14/h1-6,10H,7-9H2. The zero-order valence-electron chi connectivity index (χ0n) is 12.6. The summed E-state index contributed by atoms with van der Waals surface area (Å²) in [4.78, 5) is 14.6. The fourth-order valence-corrected chi connectivity index (χ4v) is 2.90. The van der Waals surface area contributed by atoms with Crippen LogP contribution < -0.4 is 0 Å². The lowest BCUT2D eigenvalue weighted by Crippen LogP contribution is -2.44. The maximum absolute atomic E-state index is 13.8. The molecule has 1 aliphatic rings. The molecule has 1 aromatic carbocycles. The van der Waals surface area contributed by atoms with Crippen molar-refractivity contribution >= 4 is 11.6 Å². The summed E-state index contributed by atoms with van der Waals surface area (Å²) in [7, 11) is 0. The maximum Gasteiger partial charge on any atom is 0.232 e. The lowest BCUT2D eigenvalue weighted by Gasteiger charge is -2.37. The van der Waals surface area contributed by atoms with Crippen LogP contribution in [0.4, 0.5) is 4.39 Å². The van der Waals surface area contributed by atoms with E-state index in [0.29, 0.717) is 47.6 Å². The van der Waals surface area contributed by atoms with Gasteiger partial charge in [0.05, 0.1) is 12.1 Å². The van der Waals surface area contributed by atoms with Crippen molar-refractivity contribution in [3.63, 3.8) is 0 Å². The van der Waals surface area contributed by atoms with Crippen LogP contribution >= 0.6 is 11.6 Å². The molecule has 0 unspecified atom stereocenters. The molecule has 1 saturated heterocycles. The fraction of sp³-hybridized carbons (Fsp3) is 0.250. The number of hydrogen-bond acceptors (Lipinski definition) is 6. The van der Waals surface area contributed by atoms with Crippen molar-refractivity contribution in [3.8, 4) is 11.5 Å². The van der Waals surface area contributed by atoms with Crippen molar-refractivity contribution in [1.82, 2.24) is 25.0 Å². The van der Waals surface area contributed by atoms with E-state index < -0.39 is 0 Å². The van der Waals surface area contributed by atoms with Gasteiger partial charge in [0.15, 0.2) is 0 Å². The second kappa shape index (κ2) is 6.26. The number of rotatable bonds is 4. The van der Waals surface area contributed by atoms with Gasteiger partial charge in [0.1, 0.15) is 11.5 Å². The molecule has 4 rings (SSSR count). The van der Waals surface area contributed by atoms with Crippen LogP contribution in [0.5, 0.6) is 0 Å². The summed E-state index contributed by atoms with van der Waals surface area (Å²) in [6.45, 7) is 1.90. The van der Waals surface area contributed by atoms with E-state index in [9.17, 15) is 4.39 Å². The van der Waals surface area contributed by atoms with Gasteiger partial charge in [-0.05, 0) is 12.1 Å². The van der Waals surface area contributed by atoms with Crippen LogP contribution in [0.15, 0.2) is 41.3 Å². The van der Waals surface area contributed by atoms with E-state index >= 15 is 0 Å². The maximum atomic E-state index is 13.8. The molecule has 0 bridgehead atoms. The average molecular weight is 346 g/mol. The molecule has 0 N–H and O–H groups in total. The van der Waals surface area contributed by atoms with Crippen molar-refractivity contribution in [1.29, 1.82) is 0 Å². The minimum atomic E-state index is -0.284. The quantitative estimate of drug-likeness (QED) is 0.724. The molecule has 0 aliphatic carbocycles. The lowest BCUT2D eigenvalue weighted by molar-refractivity contribution is 0.116. The van der Waals surface area contributed by atoms with Crippen LogP contribution in [-0.2, 0) is 6.54 Å². The molecule has 24 heavy (non-hydrogen) atoms. The number of nitrogens with zero attached hydrogens (tertiary/aromatic N) is 5. The Kier molecular flexibility index (Phi) is 3.95. The van der Waals surface area contributed by atoms with E-state index in [1.165, 1.54) is 6.07 Å². The van der Waals surface area contributed by atoms with Crippen molar-refractivity contribution in [3.05, 3.63) is 59.1 Å². The van der Waals surface area contributed by atoms with E-state index in [1.807, 2.05) is 0 Å². The Labute approximate surface area is 142 Å². The summed E-state index contributed by atoms with van der Waals surface area (Å²) in [5.74, 6) is 0.836. The molecule has 3 aromatic rings. The third kappa shape index (κ3) is 2.88. The molecule has 1 aliphatic heterocycles. The zero-order valence-corrected chi connectivity index (χ0v) is 13.3. The fourth-order valence-electron chi connectivity index (χ4n) is 2.68. The van der Waals surface area contributed by atoms with Gasteiger partial charge >= 0.3 is 0 Å². The van der Waals surface area contributed by atoms with E-state index in [2.05, 4.69) is 25.0 Å². The summed E-state index contributed by atoms with van der Waals surface area (Å²) < 4.78 is 19.1. The van der Waals surface area contributed by atoms with Crippen molar-refractivity contribution in [2.24, 2.45) is 0 Å². The van der Waals surface area contributed by atoms with E-state index in [-0.39, 0.29) is 11.7 Å². The van der Waals surface area contributed by atoms with Crippen LogP contribution in [0.2, 0.25) is 5.02 Å². The Morgan fingerprint density at radius 1 is 1.29 bits per heavy atom. The Hall–Kier alpha value is -2.38. The first-order valence-corrected chi connectivity index (χ1v) is 7.84. The third-order valence-electron chi connectivity index (χ3n) is 3.98. The van der Waals surface area contributed by atoms with Gasteiger partial charge in [0.2, 0.25) is 11.7 Å². The number of aromatic nitrogens is 4. The molecule has 0 amide bonds. The first-order valence-electron chi connectivity index (χ1n) is 7.46. The molecule has 3 heterocycles. The highest BCUT2D eigenvalue weighted by Crippen LogP contribution is 2.30. The van der Waals surface area contributed by atoms with Crippen molar-refractivity contribution in [2.45, 2.75) is 12.5 Å². The number of benzene rings is 1. The van der Waals surface area contributed by atoms with Crippen LogP contribution in [0.3, 0.4) is 0 Å². The second-order valence-electron chi connectivity index (χ2n) is 5.64. The van der Waals surface area contributed by atoms with Crippen LogP contribution in [0.1, 0.15) is 17.4 Å². The summed E-state index contributed by atoms with van der Waals surface area (Å²) in [5.41, 5.74) is 1.09. The highest BCUT2D eigenvalue weighted by Gasteiger charge is 2.33. The first kappa shape index (κ1) is 15.2. The predicted molar refractivity (Wildman–Crippen MR) is 84.8 cm³/mol. The van der Waals surface area contributed by atoms with Gasteiger partial charge in [0, 0.05) is 42.6 Å². The molecule has 0 atom stereocenters. The minimum Gasteiger partial charge on any atom is -0.339 e. The van der Waals surface area contributed by atoms with Crippen LogP contribution in [0, 0.1) is 5.82 Å². The van der Waals surface area contributed by atoms with Crippen molar-refractivity contribution < 1.29 is 8.91 Å². The molecule has 0 saturated carbocycles. The minimum absolute atomic E-state index is 0.133. The SMILES string of the molecule is Fc1cccc(Cl)c1CN1CC(c2nc(-c3cnccn3)no2)C1. The highest BCUT2D eigenvalue weighted by atomic mass is 35.5. The highest BCUT2D eigenvalue weighted by molar-refractivity contribution is 6.31. The molecule has 122 valence electrons. The molecule has 2 aromatic heterocycles. The van der Waals surface area contributed by atoms with Gasteiger partial charge in [-0.3, -0.25) is 9.88 Å². The van der Waals surface area contributed by atoms with E-state index in [0.717, 1.165) is 0 Å².